The molecule has 90 valence electrons. The molecular formula is C8H13F2N5O. The van der Waals surface area contributed by atoms with E-state index in [2.05, 4.69) is 15.0 Å². The average molecular weight is 233 g/mol. The summed E-state index contributed by atoms with van der Waals surface area (Å²) in [5.74, 6) is 0.00539. The van der Waals surface area contributed by atoms with E-state index in [1.807, 2.05) is 0 Å². The largest absolute Gasteiger partial charge is 0.464 e. The minimum absolute atomic E-state index is 0.0334. The summed E-state index contributed by atoms with van der Waals surface area (Å²) in [4.78, 5) is 12.5. The fourth-order valence-corrected chi connectivity index (χ4v) is 1.01. The van der Waals surface area contributed by atoms with Crippen LogP contribution >= 0.6 is 0 Å². The Labute approximate surface area is 91.5 Å². The quantitative estimate of drug-likeness (QED) is 0.800. The van der Waals surface area contributed by atoms with Gasteiger partial charge in [-0.1, -0.05) is 0 Å². The minimum Gasteiger partial charge on any atom is -0.464 e. The minimum atomic E-state index is -2.47. The van der Waals surface area contributed by atoms with Gasteiger partial charge in [-0.25, -0.2) is 8.78 Å². The summed E-state index contributed by atoms with van der Waals surface area (Å²) in [7, 11) is 1.44. The number of halogens is 2. The summed E-state index contributed by atoms with van der Waals surface area (Å²) < 4.78 is 29.3. The Morgan fingerprint density at radius 2 is 2.06 bits per heavy atom. The van der Waals surface area contributed by atoms with Gasteiger partial charge in [-0.15, -0.1) is 0 Å². The van der Waals surface area contributed by atoms with Gasteiger partial charge in [-0.3, -0.25) is 0 Å². The molecule has 16 heavy (non-hydrogen) atoms. The molecule has 2 N–H and O–H groups in total. The Morgan fingerprint density at radius 3 is 2.62 bits per heavy atom. The van der Waals surface area contributed by atoms with Crippen LogP contribution in [0.5, 0.6) is 6.01 Å². The Kier molecular flexibility index (Phi) is 4.15. The van der Waals surface area contributed by atoms with Crippen LogP contribution in [-0.4, -0.2) is 41.6 Å². The molecule has 0 aliphatic carbocycles. The van der Waals surface area contributed by atoms with E-state index >= 15 is 0 Å². The third-order valence-electron chi connectivity index (χ3n) is 1.65. The van der Waals surface area contributed by atoms with Crippen molar-refractivity contribution in [2.75, 3.05) is 30.8 Å². The molecule has 0 spiro atoms. The van der Waals surface area contributed by atoms with Crippen LogP contribution in [0.25, 0.3) is 0 Å². The van der Waals surface area contributed by atoms with E-state index in [0.717, 1.165) is 0 Å². The third kappa shape index (κ3) is 3.44. The lowest BCUT2D eigenvalue weighted by molar-refractivity contribution is 0.156. The monoisotopic (exact) mass is 233 g/mol. The summed E-state index contributed by atoms with van der Waals surface area (Å²) in [6, 6.07) is 0.0334. The highest BCUT2D eigenvalue weighted by molar-refractivity contribution is 5.34. The van der Waals surface area contributed by atoms with Gasteiger partial charge < -0.3 is 15.4 Å². The molecule has 8 heteroatoms. The number of nitrogens with zero attached hydrogens (tertiary/aromatic N) is 4. The van der Waals surface area contributed by atoms with Crippen molar-refractivity contribution in [1.82, 2.24) is 15.0 Å². The van der Waals surface area contributed by atoms with Crippen LogP contribution in [0.4, 0.5) is 20.7 Å². The maximum absolute atomic E-state index is 12.1. The van der Waals surface area contributed by atoms with E-state index in [0.29, 0.717) is 6.61 Å². The Bertz CT molecular complexity index is 349. The van der Waals surface area contributed by atoms with Crippen LogP contribution in [0.2, 0.25) is 0 Å². The second kappa shape index (κ2) is 5.38. The Morgan fingerprint density at radius 1 is 1.38 bits per heavy atom. The summed E-state index contributed by atoms with van der Waals surface area (Å²) in [6.45, 7) is 1.64. The van der Waals surface area contributed by atoms with Gasteiger partial charge in [0.05, 0.1) is 13.2 Å². The highest BCUT2D eigenvalue weighted by Crippen LogP contribution is 2.13. The first-order valence-electron chi connectivity index (χ1n) is 4.66. The van der Waals surface area contributed by atoms with Crippen LogP contribution in [0.1, 0.15) is 6.92 Å². The maximum Gasteiger partial charge on any atom is 0.323 e. The molecule has 0 bridgehead atoms. The molecule has 0 aliphatic rings. The van der Waals surface area contributed by atoms with Crippen molar-refractivity contribution >= 4 is 11.9 Å². The van der Waals surface area contributed by atoms with Gasteiger partial charge in [0.15, 0.2) is 0 Å². The molecule has 6 nitrogen and oxygen atoms in total. The van der Waals surface area contributed by atoms with E-state index in [-0.39, 0.29) is 17.9 Å². The van der Waals surface area contributed by atoms with Gasteiger partial charge in [0.1, 0.15) is 0 Å². The van der Waals surface area contributed by atoms with E-state index in [1.165, 1.54) is 11.9 Å². The van der Waals surface area contributed by atoms with Crippen molar-refractivity contribution < 1.29 is 13.5 Å². The van der Waals surface area contributed by atoms with Crippen LogP contribution in [0, 0.1) is 0 Å². The van der Waals surface area contributed by atoms with Crippen molar-refractivity contribution in [3.8, 4) is 6.01 Å². The van der Waals surface area contributed by atoms with Crippen molar-refractivity contribution in [1.29, 1.82) is 0 Å². The normalized spacial score (nSPS) is 10.6. The van der Waals surface area contributed by atoms with Crippen molar-refractivity contribution in [2.24, 2.45) is 0 Å². The Balaban J connectivity index is 2.86. The summed E-state index contributed by atoms with van der Waals surface area (Å²) >= 11 is 0. The lowest BCUT2D eigenvalue weighted by Crippen LogP contribution is -2.26. The number of aromatic nitrogens is 3. The standard InChI is InChI=1S/C8H13F2N5O/c1-3-16-8-13-6(11)12-7(14-8)15(2)4-5(9)10/h5H,3-4H2,1-2H3,(H2,11,12,13,14). The summed E-state index contributed by atoms with van der Waals surface area (Å²) in [5.41, 5.74) is 5.40. The highest BCUT2D eigenvalue weighted by atomic mass is 19.3. The average Bonchev–Trinajstić information content (AvgIpc) is 2.16. The molecule has 1 rings (SSSR count). The van der Waals surface area contributed by atoms with E-state index in [9.17, 15) is 8.78 Å². The first kappa shape index (κ1) is 12.3. The van der Waals surface area contributed by atoms with Gasteiger partial charge >= 0.3 is 6.01 Å². The van der Waals surface area contributed by atoms with Gasteiger partial charge in [-0.2, -0.15) is 15.0 Å². The van der Waals surface area contributed by atoms with Crippen molar-refractivity contribution in [3.05, 3.63) is 0 Å². The summed E-state index contributed by atoms with van der Waals surface area (Å²) in [5, 5.41) is 0. The molecular weight excluding hydrogens is 220 g/mol. The Hall–Kier alpha value is -1.73. The SMILES string of the molecule is CCOc1nc(N)nc(N(C)CC(F)F)n1. The molecule has 0 atom stereocenters. The molecule has 0 radical (unpaired) electrons. The molecule has 0 aliphatic heterocycles. The van der Waals surface area contributed by atoms with E-state index in [4.69, 9.17) is 10.5 Å². The molecule has 0 unspecified atom stereocenters. The first-order valence-corrected chi connectivity index (χ1v) is 4.66. The number of rotatable bonds is 5. The molecule has 1 heterocycles. The fraction of sp³-hybridized carbons (Fsp3) is 0.625. The van der Waals surface area contributed by atoms with Crippen LogP contribution in [-0.2, 0) is 0 Å². The lowest BCUT2D eigenvalue weighted by Gasteiger charge is -2.16. The number of hydrogen-bond donors (Lipinski definition) is 1. The summed E-state index contributed by atoms with van der Waals surface area (Å²) in [6.07, 6.45) is -2.47. The topological polar surface area (TPSA) is 77.2 Å². The molecule has 0 saturated heterocycles. The predicted octanol–water partition coefficient (Wildman–Crippen LogP) is 0.554. The smallest absolute Gasteiger partial charge is 0.323 e. The number of nitrogen functional groups attached to an aromatic ring is 1. The van der Waals surface area contributed by atoms with E-state index < -0.39 is 13.0 Å². The predicted molar refractivity (Wildman–Crippen MR) is 54.7 cm³/mol. The van der Waals surface area contributed by atoms with Crippen LogP contribution in [0.3, 0.4) is 0 Å². The van der Waals surface area contributed by atoms with Gasteiger partial charge in [-0.05, 0) is 6.92 Å². The second-order valence-electron chi connectivity index (χ2n) is 2.98. The zero-order valence-electron chi connectivity index (χ0n) is 9.02. The molecule has 0 aromatic carbocycles. The van der Waals surface area contributed by atoms with Crippen LogP contribution in [0.15, 0.2) is 0 Å². The molecule has 0 amide bonds. The number of hydrogen-bond acceptors (Lipinski definition) is 6. The maximum atomic E-state index is 12.1. The highest BCUT2D eigenvalue weighted by Gasteiger charge is 2.13. The number of anilines is 2. The zero-order chi connectivity index (χ0) is 12.1. The second-order valence-corrected chi connectivity index (χ2v) is 2.98. The van der Waals surface area contributed by atoms with Crippen molar-refractivity contribution in [3.63, 3.8) is 0 Å². The number of nitrogens with two attached hydrogens (primary N) is 1. The molecule has 0 saturated carbocycles. The van der Waals surface area contributed by atoms with Gasteiger partial charge in [0.25, 0.3) is 6.43 Å². The molecule has 1 aromatic rings. The van der Waals surface area contributed by atoms with Crippen LogP contribution < -0.4 is 15.4 Å². The first-order chi connectivity index (χ1) is 7.52. The van der Waals surface area contributed by atoms with Crippen molar-refractivity contribution in [2.45, 2.75) is 13.3 Å². The van der Waals surface area contributed by atoms with Gasteiger partial charge in [0.2, 0.25) is 11.9 Å². The third-order valence-corrected chi connectivity index (χ3v) is 1.65. The van der Waals surface area contributed by atoms with E-state index in [1.54, 1.807) is 6.92 Å². The number of alkyl halides is 2. The van der Waals surface area contributed by atoms with Gasteiger partial charge in [0, 0.05) is 7.05 Å². The lowest BCUT2D eigenvalue weighted by atomic mass is 10.6. The zero-order valence-corrected chi connectivity index (χ0v) is 9.02. The number of ether oxygens (including phenoxy) is 1. The fourth-order valence-electron chi connectivity index (χ4n) is 1.01. The molecule has 1 aromatic heterocycles. The molecule has 0 fully saturated rings.